The van der Waals surface area contributed by atoms with Gasteiger partial charge in [-0.1, -0.05) is 79.7 Å². The van der Waals surface area contributed by atoms with Gasteiger partial charge in [0.05, 0.1) is 43.8 Å². The Morgan fingerprint density at radius 2 is 1.67 bits per heavy atom. The normalized spacial score (nSPS) is 23.5. The first kappa shape index (κ1) is 35.9. The number of ether oxygens (including phenoxy) is 1. The molecule has 0 aliphatic carbocycles. The van der Waals surface area contributed by atoms with E-state index in [1.54, 1.807) is 9.80 Å². The molecular formula is C43H46N4O6Si. The number of carbonyl (C=O) groups is 3. The molecule has 10 nitrogen and oxygen atoms in total. The van der Waals surface area contributed by atoms with Crippen LogP contribution in [0.25, 0.3) is 10.9 Å². The topological polar surface area (TPSA) is 135 Å². The number of hydrogen-bond donors (Lipinski definition) is 4. The second-order valence-electron chi connectivity index (χ2n) is 15.6. The Morgan fingerprint density at radius 3 is 2.43 bits per heavy atom. The third-order valence-electron chi connectivity index (χ3n) is 11.8. The second kappa shape index (κ2) is 14.0. The number of H-pyrrole nitrogens is 1. The van der Waals surface area contributed by atoms with Crippen molar-refractivity contribution in [1.29, 1.82) is 0 Å². The number of nitrogens with zero attached hydrogens (tertiary/aromatic N) is 2. The molecule has 1 spiro atoms. The summed E-state index contributed by atoms with van der Waals surface area (Å²) in [5.41, 5.74) is 5.32. The Labute approximate surface area is 315 Å². The molecule has 8 rings (SSSR count). The van der Waals surface area contributed by atoms with Crippen LogP contribution < -0.4 is 10.2 Å². The molecule has 11 heteroatoms. The first-order valence-corrected chi connectivity index (χ1v) is 21.7. The predicted molar refractivity (Wildman–Crippen MR) is 210 cm³/mol. The molecule has 1 fully saturated rings. The van der Waals surface area contributed by atoms with Crippen LogP contribution in [0.3, 0.4) is 0 Å². The molecule has 3 aliphatic rings. The van der Waals surface area contributed by atoms with Gasteiger partial charge in [-0.25, -0.2) is 0 Å². The molecule has 3 aliphatic heterocycles. The number of carbonyl (C=O) groups excluding carboxylic acids is 3. The van der Waals surface area contributed by atoms with Gasteiger partial charge in [-0.05, 0) is 66.0 Å². The number of amides is 3. The molecule has 0 unspecified atom stereocenters. The fraction of sp³-hybridized carbons (Fsp3) is 0.326. The fourth-order valence-corrected chi connectivity index (χ4v) is 11.8. The third kappa shape index (κ3) is 6.24. The summed E-state index contributed by atoms with van der Waals surface area (Å²) in [5, 5.41) is 14.3. The van der Waals surface area contributed by atoms with Crippen molar-refractivity contribution in [2.75, 3.05) is 16.8 Å². The number of aliphatic hydroxyl groups is 1. The zero-order chi connectivity index (χ0) is 37.8. The van der Waals surface area contributed by atoms with Gasteiger partial charge in [0, 0.05) is 46.4 Å². The molecule has 0 saturated carbocycles. The van der Waals surface area contributed by atoms with Crippen molar-refractivity contribution in [3.8, 4) is 0 Å². The van der Waals surface area contributed by atoms with E-state index < -0.39 is 31.5 Å². The highest BCUT2D eigenvalue weighted by molar-refractivity contribution is 6.71. The quantitative estimate of drug-likeness (QED) is 0.136. The van der Waals surface area contributed by atoms with E-state index in [1.165, 1.54) is 0 Å². The smallest absolute Gasteiger partial charge is 0.264 e. The maximum absolute atomic E-state index is 14.8. The van der Waals surface area contributed by atoms with E-state index in [0.29, 0.717) is 18.7 Å². The molecule has 1 aromatic heterocycles. The number of para-hydroxylation sites is 2. The number of benzene rings is 4. The summed E-state index contributed by atoms with van der Waals surface area (Å²) in [6.07, 6.45) is 1.97. The summed E-state index contributed by atoms with van der Waals surface area (Å²) in [6, 6.07) is 30.6. The summed E-state index contributed by atoms with van der Waals surface area (Å²) in [4.78, 5) is 60.3. The Hall–Kier alpha value is -5.07. The van der Waals surface area contributed by atoms with E-state index in [1.807, 2.05) is 123 Å². The van der Waals surface area contributed by atoms with E-state index in [2.05, 4.69) is 10.3 Å². The SMILES string of the molecule is C[C@H]1[C@H]([Si](C)(C)O)[C@@H](CC(=O)N2Cc3ccccc3C[C@H]2CO)O[C@]12C(=O)N(Cc1ccc(NC(=O)Cc3c[nH]c4ccccc34)cc1)c1ccccc12. The van der Waals surface area contributed by atoms with Crippen LogP contribution in [-0.2, 0) is 50.7 Å². The summed E-state index contributed by atoms with van der Waals surface area (Å²) in [7, 11) is -3.00. The number of hydrogen-bond acceptors (Lipinski definition) is 6. The van der Waals surface area contributed by atoms with Gasteiger partial charge in [0.1, 0.15) is 0 Å². The van der Waals surface area contributed by atoms with Crippen LogP contribution in [-0.4, -0.2) is 64.6 Å². The van der Waals surface area contributed by atoms with E-state index in [4.69, 9.17) is 4.74 Å². The summed E-state index contributed by atoms with van der Waals surface area (Å²) < 4.78 is 6.92. The molecular weight excluding hydrogens is 697 g/mol. The van der Waals surface area contributed by atoms with E-state index >= 15 is 0 Å². The minimum absolute atomic E-state index is 0.00461. The van der Waals surface area contributed by atoms with Crippen molar-refractivity contribution in [1.82, 2.24) is 9.88 Å². The van der Waals surface area contributed by atoms with Gasteiger partial charge in [-0.3, -0.25) is 14.4 Å². The molecule has 3 amide bonds. The van der Waals surface area contributed by atoms with E-state index in [9.17, 15) is 24.3 Å². The maximum Gasteiger partial charge on any atom is 0.264 e. The van der Waals surface area contributed by atoms with Gasteiger partial charge in [-0.2, -0.15) is 0 Å². The second-order valence-corrected chi connectivity index (χ2v) is 19.6. The zero-order valence-corrected chi connectivity index (χ0v) is 31.8. The highest BCUT2D eigenvalue weighted by atomic mass is 28.4. The van der Waals surface area contributed by atoms with Crippen LogP contribution in [0.15, 0.2) is 103 Å². The highest BCUT2D eigenvalue weighted by Gasteiger charge is 2.66. The number of aromatic amines is 1. The molecule has 4 heterocycles. The highest BCUT2D eigenvalue weighted by Crippen LogP contribution is 2.59. The van der Waals surface area contributed by atoms with E-state index in [0.717, 1.165) is 44.4 Å². The van der Waals surface area contributed by atoms with E-state index in [-0.39, 0.29) is 49.8 Å². The number of aromatic nitrogens is 1. The fourth-order valence-electron chi connectivity index (χ4n) is 9.25. The third-order valence-corrected chi connectivity index (χ3v) is 14.3. The van der Waals surface area contributed by atoms with Gasteiger partial charge in [0.25, 0.3) is 5.91 Å². The summed E-state index contributed by atoms with van der Waals surface area (Å²) in [5.74, 6) is -0.914. The van der Waals surface area contributed by atoms with Gasteiger partial charge < -0.3 is 34.7 Å². The van der Waals surface area contributed by atoms with Crippen LogP contribution in [0.4, 0.5) is 11.4 Å². The van der Waals surface area contributed by atoms with Crippen molar-refractivity contribution in [2.24, 2.45) is 5.92 Å². The number of nitrogens with one attached hydrogen (secondary N) is 2. The monoisotopic (exact) mass is 742 g/mol. The molecule has 4 N–H and O–H groups in total. The van der Waals surface area contributed by atoms with Crippen LogP contribution in [0.1, 0.15) is 41.2 Å². The molecule has 0 radical (unpaired) electrons. The standard InChI is InChI=1S/C43H46N4O6Si/c1-27-41(54(2,3)52)38(22-40(50)46-25-30-11-5-4-10-29(30)20-33(46)26-48)53-43(27)35-13-7-9-15-37(35)47(42(43)51)24-28-16-18-32(19-17-28)45-39(49)21-31-23-44-36-14-8-6-12-34(31)36/h4-19,23,27,33,38,41,44,48,52H,20-22,24-26H2,1-3H3,(H,45,49)/t27-,33-,38+,41-,43+/m0/s1. The summed E-state index contributed by atoms with van der Waals surface area (Å²) >= 11 is 0. The van der Waals surface area contributed by atoms with Crippen LogP contribution in [0.5, 0.6) is 0 Å². The lowest BCUT2D eigenvalue weighted by molar-refractivity contribution is -0.151. The number of aliphatic hydroxyl groups excluding tert-OH is 1. The van der Waals surface area contributed by atoms with Crippen LogP contribution in [0, 0.1) is 5.92 Å². The molecule has 5 atom stereocenters. The van der Waals surface area contributed by atoms with Gasteiger partial charge in [0.15, 0.2) is 13.9 Å². The maximum atomic E-state index is 14.8. The largest absolute Gasteiger partial charge is 0.432 e. The molecule has 54 heavy (non-hydrogen) atoms. The van der Waals surface area contributed by atoms with Crippen molar-refractivity contribution in [3.63, 3.8) is 0 Å². The van der Waals surface area contributed by atoms with Crippen molar-refractivity contribution in [2.45, 2.75) is 75.7 Å². The van der Waals surface area contributed by atoms with Crippen molar-refractivity contribution >= 4 is 48.3 Å². The molecule has 4 aromatic carbocycles. The lowest BCUT2D eigenvalue weighted by Gasteiger charge is -2.37. The number of fused-ring (bicyclic) bond motifs is 4. The Balaban J connectivity index is 1.01. The molecule has 0 bridgehead atoms. The van der Waals surface area contributed by atoms with Crippen molar-refractivity contribution in [3.05, 3.63) is 131 Å². The Morgan fingerprint density at radius 1 is 0.963 bits per heavy atom. The molecule has 278 valence electrons. The van der Waals surface area contributed by atoms with Crippen LogP contribution in [0.2, 0.25) is 18.6 Å². The van der Waals surface area contributed by atoms with Crippen molar-refractivity contribution < 1.29 is 29.0 Å². The predicted octanol–water partition coefficient (Wildman–Crippen LogP) is 6.03. The number of rotatable bonds is 9. The minimum atomic E-state index is -3.00. The Kier molecular flexibility index (Phi) is 9.29. The lowest BCUT2D eigenvalue weighted by atomic mass is 9.82. The zero-order valence-electron chi connectivity index (χ0n) is 30.8. The minimum Gasteiger partial charge on any atom is -0.432 e. The van der Waals surface area contributed by atoms with Gasteiger partial charge in [0.2, 0.25) is 11.8 Å². The first-order valence-electron chi connectivity index (χ1n) is 18.7. The van der Waals surface area contributed by atoms with Gasteiger partial charge in [-0.15, -0.1) is 0 Å². The molecule has 1 saturated heterocycles. The Bertz CT molecular complexity index is 2230. The molecule has 5 aromatic rings. The average molecular weight is 743 g/mol. The van der Waals surface area contributed by atoms with Gasteiger partial charge >= 0.3 is 0 Å². The van der Waals surface area contributed by atoms with Crippen LogP contribution >= 0.6 is 0 Å². The number of anilines is 2. The average Bonchev–Trinajstić information content (AvgIpc) is 3.78. The summed E-state index contributed by atoms with van der Waals surface area (Å²) in [6.45, 7) is 6.18. The first-order chi connectivity index (χ1) is 26.0. The lowest BCUT2D eigenvalue weighted by Crippen LogP contribution is -2.48.